The van der Waals surface area contributed by atoms with Crippen LogP contribution in [0.1, 0.15) is 24.5 Å². The Bertz CT molecular complexity index is 1670. The largest absolute Gasteiger partial charge is 0.438 e. The van der Waals surface area contributed by atoms with Gasteiger partial charge in [0.2, 0.25) is 11.8 Å². The van der Waals surface area contributed by atoms with Crippen molar-refractivity contribution in [2.24, 2.45) is 0 Å². The van der Waals surface area contributed by atoms with Crippen LogP contribution in [0.3, 0.4) is 0 Å². The first-order chi connectivity index (χ1) is 20.9. The van der Waals surface area contributed by atoms with Gasteiger partial charge in [0.25, 0.3) is 0 Å². The first-order valence-electron chi connectivity index (χ1n) is 13.9. The minimum atomic E-state index is -4.56. The molecule has 0 aliphatic carbocycles. The van der Waals surface area contributed by atoms with Crippen molar-refractivity contribution in [2.75, 3.05) is 48.5 Å². The zero-order chi connectivity index (χ0) is 31.5. The van der Waals surface area contributed by atoms with E-state index in [4.69, 9.17) is 4.74 Å². The van der Waals surface area contributed by atoms with E-state index in [2.05, 4.69) is 41.1 Å². The van der Waals surface area contributed by atoms with Crippen LogP contribution in [0, 0.1) is 6.92 Å². The standard InChI is InChI=1S/C31H33F3N8O2/c1-19-16-21(8-10-26(19)44-27-22(6-5-13-36-27)23-11-14-37-28(35-3)39-23)38-29(43)40-25-17-20(31(32,33)34)7-9-24(25)41-30(2)12-15-42(4)18-30/h5-11,13-14,16-17,41H,12,15,18H2,1-4H3,(H,35,37,39)(H2,38,40,43)/t30-/m1/s1. The number of carbonyl (C=O) groups excluding carboxylic acids is 1. The van der Waals surface area contributed by atoms with Crippen molar-refractivity contribution in [1.82, 2.24) is 19.9 Å². The lowest BCUT2D eigenvalue weighted by Crippen LogP contribution is -2.37. The lowest BCUT2D eigenvalue weighted by molar-refractivity contribution is -0.137. The van der Waals surface area contributed by atoms with Crippen LogP contribution >= 0.6 is 0 Å². The number of nitrogens with zero attached hydrogens (tertiary/aromatic N) is 4. The number of hydrogen-bond acceptors (Lipinski definition) is 8. The summed E-state index contributed by atoms with van der Waals surface area (Å²) in [5.41, 5.74) is 1.62. The molecule has 5 rings (SSSR count). The highest BCUT2D eigenvalue weighted by atomic mass is 19.4. The normalized spacial score (nSPS) is 16.8. The lowest BCUT2D eigenvalue weighted by Gasteiger charge is -2.28. The van der Waals surface area contributed by atoms with Gasteiger partial charge in [-0.2, -0.15) is 13.2 Å². The molecule has 1 aliphatic heterocycles. The molecule has 1 aliphatic rings. The van der Waals surface area contributed by atoms with E-state index in [9.17, 15) is 18.0 Å². The molecule has 13 heteroatoms. The van der Waals surface area contributed by atoms with Crippen LogP contribution in [0.5, 0.6) is 11.6 Å². The van der Waals surface area contributed by atoms with Crippen LogP contribution < -0.4 is 26.0 Å². The number of hydrogen-bond donors (Lipinski definition) is 4. The van der Waals surface area contributed by atoms with Gasteiger partial charge in [-0.25, -0.2) is 19.7 Å². The third-order valence-electron chi connectivity index (χ3n) is 7.26. The van der Waals surface area contributed by atoms with Crippen molar-refractivity contribution < 1.29 is 22.7 Å². The number of likely N-dealkylation sites (tertiary alicyclic amines) is 1. The number of aryl methyl sites for hydroxylation is 1. The number of pyridine rings is 1. The van der Waals surface area contributed by atoms with E-state index in [0.717, 1.165) is 25.1 Å². The summed E-state index contributed by atoms with van der Waals surface area (Å²) in [5, 5.41) is 11.6. The van der Waals surface area contributed by atoms with Crippen LogP contribution in [0.15, 0.2) is 67.0 Å². The molecular weight excluding hydrogens is 573 g/mol. The number of carbonyl (C=O) groups is 1. The zero-order valence-corrected chi connectivity index (χ0v) is 24.7. The highest BCUT2D eigenvalue weighted by molar-refractivity contribution is 6.02. The summed E-state index contributed by atoms with van der Waals surface area (Å²) in [6.07, 6.45) is -0.517. The van der Waals surface area contributed by atoms with Gasteiger partial charge in [-0.3, -0.25) is 0 Å². The molecule has 0 radical (unpaired) electrons. The summed E-state index contributed by atoms with van der Waals surface area (Å²) < 4.78 is 46.7. The topological polar surface area (TPSA) is 116 Å². The van der Waals surface area contributed by atoms with E-state index in [-0.39, 0.29) is 11.2 Å². The van der Waals surface area contributed by atoms with E-state index in [1.54, 1.807) is 56.7 Å². The molecule has 4 N–H and O–H groups in total. The van der Waals surface area contributed by atoms with Crippen molar-refractivity contribution in [3.63, 3.8) is 0 Å². The molecule has 44 heavy (non-hydrogen) atoms. The SMILES string of the molecule is CNc1nccc(-c2cccnc2Oc2ccc(NC(=O)Nc3cc(C(F)(F)F)ccc3N[C@]3(C)CCN(C)C3)cc2C)n1. The molecule has 0 unspecified atom stereocenters. The number of anilines is 4. The molecule has 0 spiro atoms. The third-order valence-corrected chi connectivity index (χ3v) is 7.26. The number of amides is 2. The molecule has 2 aromatic carbocycles. The van der Waals surface area contributed by atoms with Gasteiger partial charge >= 0.3 is 12.2 Å². The van der Waals surface area contributed by atoms with E-state index in [0.29, 0.717) is 52.3 Å². The van der Waals surface area contributed by atoms with Gasteiger partial charge in [0, 0.05) is 43.8 Å². The van der Waals surface area contributed by atoms with E-state index in [1.807, 2.05) is 20.0 Å². The van der Waals surface area contributed by atoms with Gasteiger partial charge in [0.15, 0.2) is 0 Å². The van der Waals surface area contributed by atoms with Gasteiger partial charge < -0.3 is 30.9 Å². The molecule has 10 nitrogen and oxygen atoms in total. The predicted octanol–water partition coefficient (Wildman–Crippen LogP) is 6.85. The Kier molecular flexibility index (Phi) is 8.59. The van der Waals surface area contributed by atoms with Crippen LogP contribution in [0.4, 0.5) is 41.0 Å². The quantitative estimate of drug-likeness (QED) is 0.172. The summed E-state index contributed by atoms with van der Waals surface area (Å²) in [5.74, 6) is 1.29. The second-order valence-corrected chi connectivity index (χ2v) is 11.0. The van der Waals surface area contributed by atoms with E-state index >= 15 is 0 Å². The Labute approximate surface area is 253 Å². The third kappa shape index (κ3) is 7.17. The number of benzene rings is 2. The maximum atomic E-state index is 13.5. The summed E-state index contributed by atoms with van der Waals surface area (Å²) in [6, 6.07) is 13.0. The summed E-state index contributed by atoms with van der Waals surface area (Å²) in [4.78, 5) is 28.1. The predicted molar refractivity (Wildman–Crippen MR) is 164 cm³/mol. The smallest absolute Gasteiger partial charge is 0.416 e. The Morgan fingerprint density at radius 1 is 1.02 bits per heavy atom. The fourth-order valence-corrected chi connectivity index (χ4v) is 5.08. The molecule has 1 saturated heterocycles. The average Bonchev–Trinajstić information content (AvgIpc) is 3.32. The Morgan fingerprint density at radius 3 is 2.55 bits per heavy atom. The van der Waals surface area contributed by atoms with Gasteiger partial charge in [0.05, 0.1) is 28.2 Å². The molecule has 0 saturated carbocycles. The van der Waals surface area contributed by atoms with E-state index in [1.165, 1.54) is 6.07 Å². The first kappa shape index (κ1) is 30.5. The number of aromatic nitrogens is 3. The van der Waals surface area contributed by atoms with E-state index < -0.39 is 17.8 Å². The van der Waals surface area contributed by atoms with Crippen LogP contribution in [0.2, 0.25) is 0 Å². The number of alkyl halides is 3. The highest BCUT2D eigenvalue weighted by Crippen LogP contribution is 2.37. The number of rotatable bonds is 8. The maximum Gasteiger partial charge on any atom is 0.416 e. The Balaban J connectivity index is 1.32. The summed E-state index contributed by atoms with van der Waals surface area (Å²) >= 11 is 0. The Hall–Kier alpha value is -4.91. The molecule has 230 valence electrons. The molecule has 1 fully saturated rings. The van der Waals surface area contributed by atoms with Crippen LogP contribution in [0.25, 0.3) is 11.3 Å². The van der Waals surface area contributed by atoms with Crippen molar-refractivity contribution in [2.45, 2.75) is 32.0 Å². The molecule has 1 atom stereocenters. The van der Waals surface area contributed by atoms with Gasteiger partial charge in [-0.1, -0.05) is 0 Å². The lowest BCUT2D eigenvalue weighted by atomic mass is 10.0. The number of urea groups is 1. The molecule has 2 amide bonds. The second-order valence-electron chi connectivity index (χ2n) is 11.0. The van der Waals surface area contributed by atoms with Gasteiger partial charge in [-0.05, 0) is 87.5 Å². The number of ether oxygens (including phenoxy) is 1. The maximum absolute atomic E-state index is 13.5. The van der Waals surface area contributed by atoms with Crippen molar-refractivity contribution in [1.29, 1.82) is 0 Å². The molecular formula is C31H33F3N8O2. The Morgan fingerprint density at radius 2 is 1.84 bits per heavy atom. The number of nitrogens with one attached hydrogen (secondary N) is 4. The van der Waals surface area contributed by atoms with Crippen molar-refractivity contribution >= 4 is 29.0 Å². The number of halogens is 3. The number of likely N-dealkylation sites (N-methyl/N-ethyl adjacent to an activating group) is 1. The fraction of sp³-hybridized carbons (Fsp3) is 0.290. The molecule has 3 heterocycles. The van der Waals surface area contributed by atoms with Crippen molar-refractivity contribution in [3.05, 3.63) is 78.1 Å². The molecule has 2 aromatic heterocycles. The minimum absolute atomic E-state index is 0.0265. The fourth-order valence-electron chi connectivity index (χ4n) is 5.08. The average molecular weight is 607 g/mol. The molecule has 0 bridgehead atoms. The summed E-state index contributed by atoms with van der Waals surface area (Å²) in [6.45, 7) is 5.37. The van der Waals surface area contributed by atoms with Crippen LogP contribution in [-0.4, -0.2) is 58.6 Å². The van der Waals surface area contributed by atoms with Crippen LogP contribution in [-0.2, 0) is 6.18 Å². The van der Waals surface area contributed by atoms with Crippen molar-refractivity contribution in [3.8, 4) is 22.9 Å². The van der Waals surface area contributed by atoms with Gasteiger partial charge in [-0.15, -0.1) is 0 Å². The zero-order valence-electron chi connectivity index (χ0n) is 24.7. The minimum Gasteiger partial charge on any atom is -0.438 e. The summed E-state index contributed by atoms with van der Waals surface area (Å²) in [7, 11) is 3.71. The first-order valence-corrected chi connectivity index (χ1v) is 13.9. The highest BCUT2D eigenvalue weighted by Gasteiger charge is 2.34. The monoisotopic (exact) mass is 606 g/mol. The second kappa shape index (κ2) is 12.4. The molecule has 4 aromatic rings. The van der Waals surface area contributed by atoms with Gasteiger partial charge in [0.1, 0.15) is 5.75 Å².